The topological polar surface area (TPSA) is 207 Å². The molecule has 0 bridgehead atoms. The molecule has 0 atom stereocenters. The zero-order valence-electron chi connectivity index (χ0n) is 16.4. The summed E-state index contributed by atoms with van der Waals surface area (Å²) < 4.78 is 65.8. The van der Waals surface area contributed by atoms with Gasteiger partial charge in [0, 0.05) is 22.5 Å². The minimum atomic E-state index is -4.90. The quantitative estimate of drug-likeness (QED) is 0.206. The van der Waals surface area contributed by atoms with Gasteiger partial charge < -0.3 is 16.8 Å². The molecule has 4 rings (SSSR count). The number of carbonyl (C=O) groups excluding carboxylic acids is 2. The molecule has 170 valence electrons. The van der Waals surface area contributed by atoms with E-state index >= 15 is 0 Å². The lowest BCUT2D eigenvalue weighted by Gasteiger charge is -2.24. The number of ketones is 2. The van der Waals surface area contributed by atoms with Gasteiger partial charge in [0.1, 0.15) is 4.90 Å². The van der Waals surface area contributed by atoms with Crippen LogP contribution in [0.3, 0.4) is 0 Å². The fraction of sp³-hybridized carbons (Fsp3) is 0. The van der Waals surface area contributed by atoms with Crippen LogP contribution in [0.15, 0.2) is 58.3 Å². The van der Waals surface area contributed by atoms with Crippen molar-refractivity contribution in [1.82, 2.24) is 0 Å². The number of nitrogen functional groups attached to an aromatic ring is 2. The Morgan fingerprint density at radius 3 is 2.03 bits per heavy atom. The van der Waals surface area contributed by atoms with Crippen molar-refractivity contribution in [2.75, 3.05) is 16.8 Å². The Morgan fingerprint density at radius 1 is 0.758 bits per heavy atom. The van der Waals surface area contributed by atoms with Crippen LogP contribution in [0.5, 0.6) is 0 Å². The average Bonchev–Trinajstić information content (AvgIpc) is 2.71. The molecule has 0 fully saturated rings. The summed E-state index contributed by atoms with van der Waals surface area (Å²) in [5.74, 6) is -1.73. The highest BCUT2D eigenvalue weighted by atomic mass is 32.2. The van der Waals surface area contributed by atoms with E-state index in [4.69, 9.17) is 11.5 Å². The van der Waals surface area contributed by atoms with Crippen LogP contribution in [-0.2, 0) is 20.2 Å². The number of hydrogen-bond acceptors (Lipinski definition) is 9. The van der Waals surface area contributed by atoms with Gasteiger partial charge in [-0.25, -0.2) is 0 Å². The van der Waals surface area contributed by atoms with E-state index in [1.54, 1.807) is 18.2 Å². The van der Waals surface area contributed by atoms with Crippen molar-refractivity contribution in [3.63, 3.8) is 0 Å². The Hall–Kier alpha value is -3.78. The smallest absolute Gasteiger partial charge is 0.296 e. The number of carbonyl (C=O) groups is 2. The van der Waals surface area contributed by atoms with E-state index in [1.807, 2.05) is 0 Å². The molecule has 11 nitrogen and oxygen atoms in total. The second-order valence-corrected chi connectivity index (χ2v) is 9.96. The fourth-order valence-electron chi connectivity index (χ4n) is 3.57. The van der Waals surface area contributed by atoms with Crippen molar-refractivity contribution in [3.05, 3.63) is 70.8 Å². The van der Waals surface area contributed by atoms with Crippen LogP contribution in [0.1, 0.15) is 31.8 Å². The molecule has 0 saturated carbocycles. The Morgan fingerprint density at radius 2 is 1.42 bits per heavy atom. The maximum Gasteiger partial charge on any atom is 0.296 e. The molecule has 3 aromatic carbocycles. The van der Waals surface area contributed by atoms with Crippen LogP contribution in [0, 0.1) is 0 Å². The summed E-state index contributed by atoms with van der Waals surface area (Å²) in [7, 11) is -9.58. The Bertz CT molecular complexity index is 1600. The zero-order valence-corrected chi connectivity index (χ0v) is 18.1. The summed E-state index contributed by atoms with van der Waals surface area (Å²) in [5, 5.41) is 2.79. The van der Waals surface area contributed by atoms with Crippen molar-refractivity contribution in [2.45, 2.75) is 9.79 Å². The van der Waals surface area contributed by atoms with Crippen molar-refractivity contribution < 1.29 is 35.5 Å². The van der Waals surface area contributed by atoms with Gasteiger partial charge in [0.2, 0.25) is 0 Å². The van der Waals surface area contributed by atoms with E-state index in [0.717, 1.165) is 24.3 Å². The van der Waals surface area contributed by atoms with Crippen LogP contribution in [0.4, 0.5) is 22.7 Å². The minimum absolute atomic E-state index is 0.196. The van der Waals surface area contributed by atoms with Gasteiger partial charge in [0.05, 0.1) is 27.4 Å². The summed E-state index contributed by atoms with van der Waals surface area (Å²) in [6.45, 7) is 0. The molecule has 0 amide bonds. The molecule has 0 aliphatic heterocycles. The van der Waals surface area contributed by atoms with E-state index in [9.17, 15) is 35.5 Å². The maximum atomic E-state index is 13.4. The highest BCUT2D eigenvalue weighted by Crippen LogP contribution is 2.40. The molecule has 0 saturated heterocycles. The lowest BCUT2D eigenvalue weighted by atomic mass is 9.82. The third-order valence-electron chi connectivity index (χ3n) is 5.01. The summed E-state index contributed by atoms with van der Waals surface area (Å²) in [6.07, 6.45) is 0. The van der Waals surface area contributed by atoms with Gasteiger partial charge in [-0.3, -0.25) is 18.7 Å². The van der Waals surface area contributed by atoms with Gasteiger partial charge in [0.25, 0.3) is 20.2 Å². The molecule has 0 spiro atoms. The minimum Gasteiger partial charge on any atom is -0.399 e. The van der Waals surface area contributed by atoms with Crippen LogP contribution in [0.25, 0.3) is 0 Å². The van der Waals surface area contributed by atoms with Crippen molar-refractivity contribution in [2.24, 2.45) is 0 Å². The van der Waals surface area contributed by atoms with E-state index in [1.165, 1.54) is 6.07 Å². The molecule has 1 aliphatic carbocycles. The standard InChI is InChI=1S/C20H15N3O8S2/c21-9-2-1-3-10(6-9)23-14-8-15(33(29,30)31)18(22)17-16(14)20(25)13-7-11(32(26,27)28)4-5-12(13)19(17)24/h1-8,23H,21-22H2,(H,26,27,28)(H,29,30,31). The Kier molecular flexibility index (Phi) is 5.01. The first kappa shape index (κ1) is 22.4. The normalized spacial score (nSPS) is 13.4. The van der Waals surface area contributed by atoms with E-state index in [0.29, 0.717) is 11.4 Å². The third-order valence-corrected chi connectivity index (χ3v) is 6.75. The summed E-state index contributed by atoms with van der Waals surface area (Å²) in [5.41, 5.74) is 10.0. The van der Waals surface area contributed by atoms with Gasteiger partial charge in [-0.1, -0.05) is 6.07 Å². The third kappa shape index (κ3) is 3.82. The number of hydrogen-bond donors (Lipinski definition) is 5. The highest BCUT2D eigenvalue weighted by molar-refractivity contribution is 7.86. The van der Waals surface area contributed by atoms with Crippen LogP contribution < -0.4 is 16.8 Å². The SMILES string of the molecule is Nc1cccc(Nc2cc(S(=O)(=O)O)c(N)c3c2C(=O)c2cc(S(=O)(=O)O)ccc2C3=O)c1. The van der Waals surface area contributed by atoms with E-state index in [-0.39, 0.29) is 22.4 Å². The molecule has 0 aromatic heterocycles. The summed E-state index contributed by atoms with van der Waals surface area (Å²) >= 11 is 0. The first-order chi connectivity index (χ1) is 15.3. The number of nitrogens with one attached hydrogen (secondary N) is 1. The van der Waals surface area contributed by atoms with Crippen molar-refractivity contribution in [1.29, 1.82) is 0 Å². The van der Waals surface area contributed by atoms with E-state index < -0.39 is 52.8 Å². The summed E-state index contributed by atoms with van der Waals surface area (Å²) in [4.78, 5) is 25.2. The lowest BCUT2D eigenvalue weighted by molar-refractivity contribution is 0.0980. The van der Waals surface area contributed by atoms with Crippen LogP contribution >= 0.6 is 0 Å². The van der Waals surface area contributed by atoms with Gasteiger partial charge in [-0.05, 0) is 42.5 Å². The second kappa shape index (κ2) is 7.38. The number of anilines is 4. The first-order valence-electron chi connectivity index (χ1n) is 9.06. The number of fused-ring (bicyclic) bond motifs is 2. The van der Waals surface area contributed by atoms with Crippen molar-refractivity contribution in [3.8, 4) is 0 Å². The lowest BCUT2D eigenvalue weighted by Crippen LogP contribution is -2.25. The monoisotopic (exact) mass is 489 g/mol. The number of nitrogens with two attached hydrogens (primary N) is 2. The van der Waals surface area contributed by atoms with Crippen molar-refractivity contribution >= 4 is 54.6 Å². The first-order valence-corrected chi connectivity index (χ1v) is 11.9. The molecule has 1 aliphatic rings. The second-order valence-electron chi connectivity index (χ2n) is 7.15. The highest BCUT2D eigenvalue weighted by Gasteiger charge is 2.37. The molecule has 33 heavy (non-hydrogen) atoms. The number of rotatable bonds is 4. The molecule has 13 heteroatoms. The largest absolute Gasteiger partial charge is 0.399 e. The molecule has 0 radical (unpaired) electrons. The van der Waals surface area contributed by atoms with Crippen LogP contribution in [0.2, 0.25) is 0 Å². The molecule has 3 aromatic rings. The Labute approximate surface area is 187 Å². The molecule has 0 heterocycles. The van der Waals surface area contributed by atoms with E-state index in [2.05, 4.69) is 5.32 Å². The predicted octanol–water partition coefficient (Wildman–Crippen LogP) is 1.86. The predicted molar refractivity (Wildman–Crippen MR) is 118 cm³/mol. The number of benzene rings is 3. The zero-order chi connectivity index (χ0) is 24.3. The van der Waals surface area contributed by atoms with Gasteiger partial charge >= 0.3 is 0 Å². The molecular formula is C20H15N3O8S2. The summed E-state index contributed by atoms with van der Waals surface area (Å²) in [6, 6.07) is 9.81. The maximum absolute atomic E-state index is 13.4. The fourth-order valence-corrected chi connectivity index (χ4v) is 4.72. The van der Waals surface area contributed by atoms with Gasteiger partial charge in [-0.2, -0.15) is 16.8 Å². The van der Waals surface area contributed by atoms with Crippen LogP contribution in [-0.4, -0.2) is 37.5 Å². The molecule has 0 unspecified atom stereocenters. The average molecular weight is 489 g/mol. The van der Waals surface area contributed by atoms with Gasteiger partial charge in [-0.15, -0.1) is 0 Å². The molecule has 7 N–H and O–H groups in total. The Balaban J connectivity index is 2.04. The molecular weight excluding hydrogens is 474 g/mol. The van der Waals surface area contributed by atoms with Gasteiger partial charge in [0.15, 0.2) is 11.6 Å².